The van der Waals surface area contributed by atoms with Gasteiger partial charge in [0, 0.05) is 0 Å². The summed E-state index contributed by atoms with van der Waals surface area (Å²) in [6, 6.07) is 5.04. The number of ether oxygens (including phenoxy) is 2. The summed E-state index contributed by atoms with van der Waals surface area (Å²) in [5, 5.41) is 0.0236. The quantitative estimate of drug-likeness (QED) is 0.800. The summed E-state index contributed by atoms with van der Waals surface area (Å²) >= 11 is 5.63. The van der Waals surface area contributed by atoms with E-state index >= 15 is 0 Å². The molecule has 18 heavy (non-hydrogen) atoms. The lowest BCUT2D eigenvalue weighted by molar-refractivity contribution is 0.0597. The normalized spacial score (nSPS) is 10.2. The van der Waals surface area contributed by atoms with E-state index in [0.29, 0.717) is 22.6 Å². The average Bonchev–Trinajstić information content (AvgIpc) is 2.83. The lowest BCUT2D eigenvalue weighted by atomic mass is 10.1. The van der Waals surface area contributed by atoms with Crippen LogP contribution in [0.3, 0.4) is 0 Å². The molecule has 0 aliphatic rings. The molecule has 5 nitrogen and oxygen atoms in total. The Balaban J connectivity index is 2.58. The van der Waals surface area contributed by atoms with Crippen molar-refractivity contribution in [2.24, 2.45) is 0 Å². The van der Waals surface area contributed by atoms with Gasteiger partial charge in [-0.05, 0) is 23.7 Å². The summed E-state index contributed by atoms with van der Waals surface area (Å²) in [6.45, 7) is 0. The number of oxazole rings is 1. The van der Waals surface area contributed by atoms with Gasteiger partial charge in [-0.15, -0.1) is 0 Å². The fraction of sp³-hybridized carbons (Fsp3) is 0.167. The Hall–Kier alpha value is -2.01. The monoisotopic (exact) mass is 267 g/mol. The van der Waals surface area contributed by atoms with Crippen molar-refractivity contribution >= 4 is 17.6 Å². The first-order valence-corrected chi connectivity index (χ1v) is 5.42. The number of aromatic nitrogens is 1. The van der Waals surface area contributed by atoms with Gasteiger partial charge in [-0.1, -0.05) is 6.07 Å². The smallest absolute Gasteiger partial charge is 0.341 e. The van der Waals surface area contributed by atoms with Gasteiger partial charge in [0.1, 0.15) is 11.3 Å². The Morgan fingerprint density at radius 1 is 1.39 bits per heavy atom. The molecule has 1 heterocycles. The van der Waals surface area contributed by atoms with Gasteiger partial charge in [0.25, 0.3) is 5.35 Å². The Morgan fingerprint density at radius 2 is 2.17 bits per heavy atom. The number of halogens is 1. The number of carbonyl (C=O) groups is 1. The van der Waals surface area contributed by atoms with Crippen LogP contribution in [0.1, 0.15) is 10.4 Å². The molecule has 1 aromatic carbocycles. The average molecular weight is 268 g/mol. The molecule has 0 unspecified atom stereocenters. The molecule has 0 saturated carbocycles. The zero-order valence-electron chi connectivity index (χ0n) is 9.77. The van der Waals surface area contributed by atoms with Crippen LogP contribution < -0.4 is 4.74 Å². The third-order valence-corrected chi connectivity index (χ3v) is 2.54. The minimum atomic E-state index is -0.487. The molecule has 2 rings (SSSR count). The highest BCUT2D eigenvalue weighted by atomic mass is 35.5. The highest BCUT2D eigenvalue weighted by Gasteiger charge is 2.19. The third-order valence-electron chi connectivity index (χ3n) is 2.37. The van der Waals surface area contributed by atoms with Crippen LogP contribution in [-0.2, 0) is 4.74 Å². The van der Waals surface area contributed by atoms with Gasteiger partial charge in [-0.25, -0.2) is 9.78 Å². The van der Waals surface area contributed by atoms with Gasteiger partial charge in [0.15, 0.2) is 5.76 Å². The minimum absolute atomic E-state index is 0.0236. The number of benzene rings is 1. The number of carbonyl (C=O) groups excluding carboxylic acids is 1. The Morgan fingerprint density at radius 3 is 2.72 bits per heavy atom. The van der Waals surface area contributed by atoms with Crippen LogP contribution in [0.2, 0.25) is 5.35 Å². The fourth-order valence-electron chi connectivity index (χ4n) is 1.60. The highest BCUT2D eigenvalue weighted by molar-refractivity contribution is 6.27. The number of esters is 1. The lowest BCUT2D eigenvalue weighted by Gasteiger charge is -2.10. The predicted octanol–water partition coefficient (Wildman–Crippen LogP) is 2.79. The Labute approximate surface area is 108 Å². The van der Waals surface area contributed by atoms with E-state index in [-0.39, 0.29) is 5.35 Å². The molecule has 0 saturated heterocycles. The van der Waals surface area contributed by atoms with Crippen molar-refractivity contribution in [1.82, 2.24) is 4.98 Å². The van der Waals surface area contributed by atoms with E-state index in [0.717, 1.165) is 0 Å². The molecule has 0 N–H and O–H groups in total. The van der Waals surface area contributed by atoms with Gasteiger partial charge >= 0.3 is 5.97 Å². The molecule has 0 amide bonds. The first-order valence-electron chi connectivity index (χ1n) is 5.04. The molecular weight excluding hydrogens is 258 g/mol. The number of hydrogen-bond donors (Lipinski definition) is 0. The van der Waals surface area contributed by atoms with E-state index in [1.54, 1.807) is 18.2 Å². The zero-order valence-corrected chi connectivity index (χ0v) is 10.5. The van der Waals surface area contributed by atoms with Crippen LogP contribution in [-0.4, -0.2) is 25.2 Å². The van der Waals surface area contributed by atoms with Crippen LogP contribution in [0.25, 0.3) is 11.3 Å². The van der Waals surface area contributed by atoms with Crippen molar-refractivity contribution in [2.45, 2.75) is 0 Å². The molecule has 0 aliphatic heterocycles. The molecule has 0 atom stereocenters. The van der Waals surface area contributed by atoms with Gasteiger partial charge in [-0.2, -0.15) is 0 Å². The van der Waals surface area contributed by atoms with Gasteiger partial charge in [0.2, 0.25) is 0 Å². The van der Waals surface area contributed by atoms with Crippen molar-refractivity contribution in [3.8, 4) is 17.1 Å². The topological polar surface area (TPSA) is 61.6 Å². The van der Waals surface area contributed by atoms with Crippen molar-refractivity contribution in [3.63, 3.8) is 0 Å². The number of nitrogens with zero attached hydrogens (tertiary/aromatic N) is 1. The molecule has 94 valence electrons. The Bertz CT molecular complexity index is 579. The SMILES string of the molecule is COC(=O)c1cccc(-c2cnc(Cl)o2)c1OC. The van der Waals surface area contributed by atoms with E-state index in [9.17, 15) is 4.79 Å². The summed E-state index contributed by atoms with van der Waals surface area (Å²) in [5.41, 5.74) is 0.893. The summed E-state index contributed by atoms with van der Waals surface area (Å²) in [7, 11) is 2.77. The molecule has 0 fully saturated rings. The van der Waals surface area contributed by atoms with Crippen molar-refractivity contribution in [2.75, 3.05) is 14.2 Å². The van der Waals surface area contributed by atoms with Crippen LogP contribution in [0.4, 0.5) is 0 Å². The van der Waals surface area contributed by atoms with Gasteiger partial charge in [0.05, 0.1) is 26.0 Å². The standard InChI is InChI=1S/C12H10ClNO4/c1-16-10-7(9-6-14-12(13)18-9)4-3-5-8(10)11(15)17-2/h3-6H,1-2H3. The summed E-state index contributed by atoms with van der Waals surface area (Å²) in [6.07, 6.45) is 1.46. The lowest BCUT2D eigenvalue weighted by Crippen LogP contribution is -2.04. The molecule has 0 radical (unpaired) electrons. The molecule has 0 spiro atoms. The van der Waals surface area contributed by atoms with E-state index < -0.39 is 5.97 Å². The molecule has 0 bridgehead atoms. The first kappa shape index (κ1) is 12.4. The summed E-state index contributed by atoms with van der Waals surface area (Å²) in [4.78, 5) is 15.4. The van der Waals surface area contributed by atoms with Gasteiger partial charge in [-0.3, -0.25) is 0 Å². The number of methoxy groups -OCH3 is 2. The second-order valence-corrected chi connectivity index (χ2v) is 3.68. The third kappa shape index (κ3) is 2.17. The number of para-hydroxylation sites is 1. The zero-order chi connectivity index (χ0) is 13.1. The first-order chi connectivity index (χ1) is 8.67. The van der Waals surface area contributed by atoms with Crippen LogP contribution in [0.5, 0.6) is 5.75 Å². The largest absolute Gasteiger partial charge is 0.495 e. The molecule has 2 aromatic rings. The van der Waals surface area contributed by atoms with Crippen molar-refractivity contribution in [3.05, 3.63) is 35.3 Å². The maximum atomic E-state index is 11.6. The number of hydrogen-bond acceptors (Lipinski definition) is 5. The van der Waals surface area contributed by atoms with E-state index in [1.807, 2.05) is 0 Å². The fourth-order valence-corrected chi connectivity index (χ4v) is 1.73. The van der Waals surface area contributed by atoms with Crippen molar-refractivity contribution in [1.29, 1.82) is 0 Å². The summed E-state index contributed by atoms with van der Waals surface area (Å²) in [5.74, 6) is 0.291. The number of rotatable bonds is 3. The maximum Gasteiger partial charge on any atom is 0.341 e. The second-order valence-electron chi connectivity index (χ2n) is 3.36. The van der Waals surface area contributed by atoms with E-state index in [1.165, 1.54) is 20.4 Å². The van der Waals surface area contributed by atoms with Gasteiger partial charge < -0.3 is 13.9 Å². The van der Waals surface area contributed by atoms with Crippen molar-refractivity contribution < 1.29 is 18.7 Å². The minimum Gasteiger partial charge on any atom is -0.495 e. The van der Waals surface area contributed by atoms with E-state index in [4.69, 9.17) is 20.8 Å². The maximum absolute atomic E-state index is 11.6. The molecule has 0 aliphatic carbocycles. The van der Waals surface area contributed by atoms with Crippen LogP contribution >= 0.6 is 11.6 Å². The second kappa shape index (κ2) is 5.10. The van der Waals surface area contributed by atoms with Crippen LogP contribution in [0.15, 0.2) is 28.8 Å². The molecule has 1 aromatic heterocycles. The Kier molecular flexibility index (Phi) is 3.53. The predicted molar refractivity (Wildman–Crippen MR) is 64.8 cm³/mol. The summed E-state index contributed by atoms with van der Waals surface area (Å²) < 4.78 is 15.1. The van der Waals surface area contributed by atoms with E-state index in [2.05, 4.69) is 9.72 Å². The molecular formula is C12H10ClNO4. The molecule has 6 heteroatoms. The van der Waals surface area contributed by atoms with Crippen LogP contribution in [0, 0.1) is 0 Å². The highest BCUT2D eigenvalue weighted by Crippen LogP contribution is 2.34.